The van der Waals surface area contributed by atoms with Crippen LogP contribution in [-0.2, 0) is 9.53 Å². The molecule has 0 heterocycles. The van der Waals surface area contributed by atoms with Crippen molar-refractivity contribution < 1.29 is 9.53 Å². The van der Waals surface area contributed by atoms with Crippen LogP contribution in [0.4, 0.5) is 0 Å². The van der Waals surface area contributed by atoms with E-state index in [0.717, 1.165) is 25.7 Å². The summed E-state index contributed by atoms with van der Waals surface area (Å²) in [6.07, 6.45) is 11.1. The lowest BCUT2D eigenvalue weighted by molar-refractivity contribution is -0.146. The first kappa shape index (κ1) is 17.8. The molecule has 1 aliphatic rings. The Kier molecular flexibility index (Phi) is 6.88. The Hall–Kier alpha value is -1.57. The fourth-order valence-corrected chi connectivity index (χ4v) is 3.52. The number of allylic oxidation sites excluding steroid dienone is 1. The van der Waals surface area contributed by atoms with Crippen molar-refractivity contribution in [2.45, 2.75) is 58.3 Å². The first-order chi connectivity index (χ1) is 11.2. The van der Waals surface area contributed by atoms with Gasteiger partial charge in [0.1, 0.15) is 0 Å². The summed E-state index contributed by atoms with van der Waals surface area (Å²) in [5.41, 5.74) is 2.69. The van der Waals surface area contributed by atoms with E-state index >= 15 is 0 Å². The van der Waals surface area contributed by atoms with Gasteiger partial charge in [0.2, 0.25) is 0 Å². The largest absolute Gasteiger partial charge is 0.469 e. The monoisotopic (exact) mass is 314 g/mol. The van der Waals surface area contributed by atoms with E-state index in [1.165, 1.54) is 31.1 Å². The van der Waals surface area contributed by atoms with Crippen LogP contribution in [0, 0.1) is 11.8 Å². The van der Waals surface area contributed by atoms with Gasteiger partial charge in [0.15, 0.2) is 0 Å². The van der Waals surface area contributed by atoms with E-state index in [1.807, 2.05) is 0 Å². The molecule has 1 aromatic carbocycles. The minimum atomic E-state index is -0.0367. The quantitative estimate of drug-likeness (QED) is 0.640. The molecular weight excluding hydrogens is 284 g/mol. The number of benzene rings is 1. The van der Waals surface area contributed by atoms with Crippen molar-refractivity contribution in [3.8, 4) is 0 Å². The number of esters is 1. The molecule has 0 N–H and O–H groups in total. The molecule has 0 unspecified atom stereocenters. The zero-order valence-corrected chi connectivity index (χ0v) is 14.8. The van der Waals surface area contributed by atoms with Crippen LogP contribution in [0.3, 0.4) is 0 Å². The second-order valence-electron chi connectivity index (χ2n) is 6.67. The molecule has 0 bridgehead atoms. The lowest BCUT2D eigenvalue weighted by atomic mass is 9.78. The van der Waals surface area contributed by atoms with Crippen LogP contribution in [0.25, 0.3) is 6.08 Å². The summed E-state index contributed by atoms with van der Waals surface area (Å²) in [6, 6.07) is 8.96. The number of methoxy groups -OCH3 is 1. The summed E-state index contributed by atoms with van der Waals surface area (Å²) in [4.78, 5) is 11.6. The first-order valence-electron chi connectivity index (χ1n) is 9.03. The third kappa shape index (κ3) is 4.95. The van der Waals surface area contributed by atoms with Gasteiger partial charge in [-0.2, -0.15) is 0 Å². The molecule has 2 nitrogen and oxygen atoms in total. The van der Waals surface area contributed by atoms with Gasteiger partial charge >= 0.3 is 5.97 Å². The Morgan fingerprint density at radius 1 is 1.13 bits per heavy atom. The van der Waals surface area contributed by atoms with Crippen molar-refractivity contribution in [3.63, 3.8) is 0 Å². The lowest BCUT2D eigenvalue weighted by Crippen LogP contribution is -2.22. The molecule has 1 aromatic rings. The van der Waals surface area contributed by atoms with Crippen molar-refractivity contribution in [3.05, 3.63) is 41.5 Å². The summed E-state index contributed by atoms with van der Waals surface area (Å²) in [7, 11) is 1.49. The Labute approximate surface area is 140 Å². The topological polar surface area (TPSA) is 26.3 Å². The van der Waals surface area contributed by atoms with Gasteiger partial charge in [-0.1, -0.05) is 50.3 Å². The van der Waals surface area contributed by atoms with Gasteiger partial charge < -0.3 is 4.74 Å². The summed E-state index contributed by atoms with van der Waals surface area (Å²) in [6.45, 7) is 4.48. The fraction of sp³-hybridized carbons (Fsp3) is 0.571. The van der Waals surface area contributed by atoms with E-state index < -0.39 is 0 Å². The van der Waals surface area contributed by atoms with Gasteiger partial charge in [-0.15, -0.1) is 0 Å². The van der Waals surface area contributed by atoms with Gasteiger partial charge in [0.25, 0.3) is 0 Å². The van der Waals surface area contributed by atoms with Crippen molar-refractivity contribution in [1.82, 2.24) is 0 Å². The number of carbonyl (C=O) groups excluding carboxylic acids is 1. The van der Waals surface area contributed by atoms with Crippen LogP contribution in [0.15, 0.2) is 30.3 Å². The van der Waals surface area contributed by atoms with Gasteiger partial charge in [-0.25, -0.2) is 0 Å². The van der Waals surface area contributed by atoms with E-state index in [-0.39, 0.29) is 11.9 Å². The third-order valence-corrected chi connectivity index (χ3v) is 5.28. The van der Waals surface area contributed by atoms with Crippen LogP contribution in [0.5, 0.6) is 0 Å². The molecule has 0 aliphatic heterocycles. The highest BCUT2D eigenvalue weighted by atomic mass is 16.5. The predicted octanol–water partition coefficient (Wildman–Crippen LogP) is 5.58. The van der Waals surface area contributed by atoms with Gasteiger partial charge in [-0.3, -0.25) is 4.79 Å². The standard InChI is InChI=1S/C21H30O2/c1-4-16(5-2)6-7-17-8-10-18(11-9-17)19-12-14-20(15-13-19)21(22)23-3/h6-11,16,19-20H,4-5,12-15H2,1-3H3. The van der Waals surface area contributed by atoms with Crippen molar-refractivity contribution in [1.29, 1.82) is 0 Å². The van der Waals surface area contributed by atoms with Crippen LogP contribution < -0.4 is 0 Å². The molecule has 0 amide bonds. The highest BCUT2D eigenvalue weighted by molar-refractivity contribution is 5.72. The van der Waals surface area contributed by atoms with Gasteiger partial charge in [0, 0.05) is 0 Å². The maximum Gasteiger partial charge on any atom is 0.308 e. The summed E-state index contributed by atoms with van der Waals surface area (Å²) >= 11 is 0. The lowest BCUT2D eigenvalue weighted by Gasteiger charge is -2.27. The molecule has 0 saturated heterocycles. The molecule has 1 aliphatic carbocycles. The minimum absolute atomic E-state index is 0.0367. The molecule has 1 saturated carbocycles. The maximum absolute atomic E-state index is 11.6. The molecular formula is C21H30O2. The molecule has 0 atom stereocenters. The molecule has 2 rings (SSSR count). The highest BCUT2D eigenvalue weighted by Gasteiger charge is 2.27. The number of ether oxygens (including phenoxy) is 1. The Morgan fingerprint density at radius 2 is 1.74 bits per heavy atom. The number of carbonyl (C=O) groups is 1. The second-order valence-corrected chi connectivity index (χ2v) is 6.67. The molecule has 0 aromatic heterocycles. The van der Waals surface area contributed by atoms with Gasteiger partial charge in [0.05, 0.1) is 13.0 Å². The SMILES string of the molecule is CCC(C=Cc1ccc(C2CCC(C(=O)OC)CC2)cc1)CC. The molecule has 126 valence electrons. The summed E-state index contributed by atoms with van der Waals surface area (Å²) < 4.78 is 4.86. The summed E-state index contributed by atoms with van der Waals surface area (Å²) in [5.74, 6) is 1.35. The Balaban J connectivity index is 1.92. The smallest absolute Gasteiger partial charge is 0.308 e. The number of hydrogen-bond donors (Lipinski definition) is 0. The van der Waals surface area contributed by atoms with E-state index in [4.69, 9.17) is 4.74 Å². The van der Waals surface area contributed by atoms with Crippen molar-refractivity contribution in [2.75, 3.05) is 7.11 Å². The predicted molar refractivity (Wildman–Crippen MR) is 96.3 cm³/mol. The highest BCUT2D eigenvalue weighted by Crippen LogP contribution is 2.36. The van der Waals surface area contributed by atoms with Crippen LogP contribution in [-0.4, -0.2) is 13.1 Å². The number of hydrogen-bond acceptors (Lipinski definition) is 2. The maximum atomic E-state index is 11.6. The zero-order valence-electron chi connectivity index (χ0n) is 14.8. The van der Waals surface area contributed by atoms with Crippen LogP contribution in [0.2, 0.25) is 0 Å². The minimum Gasteiger partial charge on any atom is -0.469 e. The third-order valence-electron chi connectivity index (χ3n) is 5.28. The van der Waals surface area contributed by atoms with Crippen molar-refractivity contribution >= 4 is 12.0 Å². The molecule has 23 heavy (non-hydrogen) atoms. The Morgan fingerprint density at radius 3 is 2.26 bits per heavy atom. The molecule has 0 radical (unpaired) electrons. The fourth-order valence-electron chi connectivity index (χ4n) is 3.52. The zero-order chi connectivity index (χ0) is 16.7. The first-order valence-corrected chi connectivity index (χ1v) is 9.03. The molecule has 2 heteroatoms. The molecule has 1 fully saturated rings. The average molecular weight is 314 g/mol. The normalized spacial score (nSPS) is 21.7. The van der Waals surface area contributed by atoms with E-state index in [1.54, 1.807) is 0 Å². The van der Waals surface area contributed by atoms with Gasteiger partial charge in [-0.05, 0) is 61.5 Å². The van der Waals surface area contributed by atoms with E-state index in [0.29, 0.717) is 11.8 Å². The summed E-state index contributed by atoms with van der Waals surface area (Å²) in [5, 5.41) is 0. The van der Waals surface area contributed by atoms with E-state index in [2.05, 4.69) is 50.3 Å². The van der Waals surface area contributed by atoms with E-state index in [9.17, 15) is 4.79 Å². The number of rotatable bonds is 6. The van der Waals surface area contributed by atoms with Crippen LogP contribution >= 0.6 is 0 Å². The van der Waals surface area contributed by atoms with Crippen LogP contribution in [0.1, 0.15) is 69.4 Å². The second kappa shape index (κ2) is 8.90. The van der Waals surface area contributed by atoms with Crippen molar-refractivity contribution in [2.24, 2.45) is 11.8 Å². The molecule has 0 spiro atoms. The average Bonchev–Trinajstić information content (AvgIpc) is 2.62. The Bertz CT molecular complexity index is 503.